The Bertz CT molecular complexity index is 1240. The van der Waals surface area contributed by atoms with Crippen molar-refractivity contribution in [3.63, 3.8) is 0 Å². The SMILES string of the molecule is O=S(=O)(c1ccc2c(c1)NCCC2)n1cc(C2=CCNCC2)c2cc(F)ccc21. The van der Waals surface area contributed by atoms with Gasteiger partial charge in [-0.15, -0.1) is 0 Å². The summed E-state index contributed by atoms with van der Waals surface area (Å²) >= 11 is 0. The van der Waals surface area contributed by atoms with Crippen LogP contribution in [-0.4, -0.2) is 32.0 Å². The topological polar surface area (TPSA) is 63.1 Å². The summed E-state index contributed by atoms with van der Waals surface area (Å²) < 4.78 is 42.3. The number of benzene rings is 2. The lowest BCUT2D eigenvalue weighted by molar-refractivity contribution is 0.589. The zero-order valence-corrected chi connectivity index (χ0v) is 16.7. The van der Waals surface area contributed by atoms with E-state index in [0.717, 1.165) is 61.3 Å². The maximum atomic E-state index is 14.0. The third kappa shape index (κ3) is 3.14. The molecule has 3 heterocycles. The van der Waals surface area contributed by atoms with Crippen LogP contribution in [0.15, 0.2) is 53.6 Å². The van der Waals surface area contributed by atoms with Gasteiger partial charge in [0.1, 0.15) is 5.82 Å². The van der Waals surface area contributed by atoms with Crippen LogP contribution in [0, 0.1) is 5.82 Å². The molecule has 0 spiro atoms. The molecule has 2 aromatic carbocycles. The van der Waals surface area contributed by atoms with Gasteiger partial charge in [-0.25, -0.2) is 16.8 Å². The van der Waals surface area contributed by atoms with Crippen molar-refractivity contribution in [2.75, 3.05) is 25.0 Å². The number of aryl methyl sites for hydroxylation is 1. The van der Waals surface area contributed by atoms with Crippen LogP contribution in [0.3, 0.4) is 0 Å². The minimum atomic E-state index is -3.82. The summed E-state index contributed by atoms with van der Waals surface area (Å²) in [7, 11) is -3.82. The van der Waals surface area contributed by atoms with Crippen LogP contribution in [-0.2, 0) is 16.4 Å². The van der Waals surface area contributed by atoms with Gasteiger partial charge in [-0.05, 0) is 67.3 Å². The standard InChI is InChI=1S/C22H22FN3O2S/c23-17-4-6-22-19(12-17)20(15-7-10-24-11-8-15)14-26(22)29(27,28)18-5-3-16-2-1-9-25-21(16)13-18/h3-7,12-14,24-25H,1-2,8-11H2. The number of anilines is 1. The minimum absolute atomic E-state index is 0.234. The van der Waals surface area contributed by atoms with Gasteiger partial charge in [0.05, 0.1) is 10.4 Å². The van der Waals surface area contributed by atoms with E-state index in [2.05, 4.69) is 10.6 Å². The first-order valence-electron chi connectivity index (χ1n) is 9.87. The van der Waals surface area contributed by atoms with Crippen molar-refractivity contribution in [1.29, 1.82) is 0 Å². The first-order valence-corrected chi connectivity index (χ1v) is 11.3. The molecule has 0 radical (unpaired) electrons. The van der Waals surface area contributed by atoms with Crippen LogP contribution in [0.2, 0.25) is 0 Å². The maximum absolute atomic E-state index is 14.0. The van der Waals surface area contributed by atoms with Gasteiger partial charge in [-0.2, -0.15) is 0 Å². The van der Waals surface area contributed by atoms with Crippen LogP contribution in [0.5, 0.6) is 0 Å². The second-order valence-corrected chi connectivity index (χ2v) is 9.35. The van der Waals surface area contributed by atoms with Crippen LogP contribution >= 0.6 is 0 Å². The van der Waals surface area contributed by atoms with E-state index in [1.54, 1.807) is 24.4 Å². The lowest BCUT2D eigenvalue weighted by Gasteiger charge is -2.19. The van der Waals surface area contributed by atoms with Crippen LogP contribution in [0.4, 0.5) is 10.1 Å². The Hall–Kier alpha value is -2.64. The first-order chi connectivity index (χ1) is 14.0. The fourth-order valence-corrected chi connectivity index (χ4v) is 5.60. The zero-order chi connectivity index (χ0) is 20.0. The Kier molecular flexibility index (Phi) is 4.44. The van der Waals surface area contributed by atoms with Gasteiger partial charge < -0.3 is 10.6 Å². The monoisotopic (exact) mass is 411 g/mol. The normalized spacial score (nSPS) is 16.9. The first kappa shape index (κ1) is 18.4. The third-order valence-electron chi connectivity index (χ3n) is 5.72. The fourth-order valence-electron chi connectivity index (χ4n) is 4.21. The molecule has 0 atom stereocenters. The fraction of sp³-hybridized carbons (Fsp3) is 0.273. The number of hydrogen-bond acceptors (Lipinski definition) is 4. The van der Waals surface area contributed by atoms with Gasteiger partial charge in [0.2, 0.25) is 0 Å². The molecule has 0 amide bonds. The molecule has 0 saturated heterocycles. The van der Waals surface area contributed by atoms with E-state index in [9.17, 15) is 12.8 Å². The third-order valence-corrected chi connectivity index (χ3v) is 7.39. The predicted octanol–water partition coefficient (Wildman–Crippen LogP) is 3.75. The van der Waals surface area contributed by atoms with Gasteiger partial charge in [-0.1, -0.05) is 12.1 Å². The number of hydrogen-bond donors (Lipinski definition) is 2. The highest BCUT2D eigenvalue weighted by Gasteiger charge is 2.24. The number of rotatable bonds is 3. The molecule has 29 heavy (non-hydrogen) atoms. The summed E-state index contributed by atoms with van der Waals surface area (Å²) in [4.78, 5) is 0.234. The summed E-state index contributed by atoms with van der Waals surface area (Å²) in [6.07, 6.45) is 6.45. The molecule has 2 aliphatic rings. The molecule has 5 nitrogen and oxygen atoms in total. The van der Waals surface area contributed by atoms with Crippen molar-refractivity contribution in [3.05, 3.63) is 65.6 Å². The average molecular weight is 412 g/mol. The van der Waals surface area contributed by atoms with Crippen molar-refractivity contribution in [3.8, 4) is 0 Å². The van der Waals surface area contributed by atoms with Crippen molar-refractivity contribution in [1.82, 2.24) is 9.29 Å². The lowest BCUT2D eigenvalue weighted by Crippen LogP contribution is -2.20. The minimum Gasteiger partial charge on any atom is -0.385 e. The van der Waals surface area contributed by atoms with Crippen molar-refractivity contribution >= 4 is 32.2 Å². The Morgan fingerprint density at radius 2 is 1.93 bits per heavy atom. The summed E-state index contributed by atoms with van der Waals surface area (Å²) in [6, 6.07) is 9.54. The van der Waals surface area contributed by atoms with E-state index >= 15 is 0 Å². The van der Waals surface area contributed by atoms with E-state index in [4.69, 9.17) is 0 Å². The zero-order valence-electron chi connectivity index (χ0n) is 15.9. The molecule has 2 aliphatic heterocycles. The van der Waals surface area contributed by atoms with Crippen LogP contribution in [0.25, 0.3) is 16.5 Å². The van der Waals surface area contributed by atoms with E-state index in [0.29, 0.717) is 10.9 Å². The largest absolute Gasteiger partial charge is 0.385 e. The van der Waals surface area contributed by atoms with Crippen molar-refractivity contribution < 1.29 is 12.8 Å². The Morgan fingerprint density at radius 3 is 2.76 bits per heavy atom. The van der Waals surface area contributed by atoms with Gasteiger partial charge in [0, 0.05) is 35.9 Å². The smallest absolute Gasteiger partial charge is 0.268 e. The lowest BCUT2D eigenvalue weighted by atomic mass is 10.00. The Morgan fingerprint density at radius 1 is 1.03 bits per heavy atom. The molecule has 0 bridgehead atoms. The van der Waals surface area contributed by atoms with E-state index < -0.39 is 10.0 Å². The molecular formula is C22H22FN3O2S. The molecule has 7 heteroatoms. The van der Waals surface area contributed by atoms with Gasteiger partial charge >= 0.3 is 0 Å². The molecule has 0 unspecified atom stereocenters. The number of nitrogens with one attached hydrogen (secondary N) is 2. The molecule has 0 fully saturated rings. The molecule has 0 saturated carbocycles. The average Bonchev–Trinajstić information content (AvgIpc) is 3.13. The van der Waals surface area contributed by atoms with Crippen LogP contribution in [0.1, 0.15) is 24.0 Å². The molecule has 5 rings (SSSR count). The van der Waals surface area contributed by atoms with E-state index in [1.807, 2.05) is 12.1 Å². The number of fused-ring (bicyclic) bond motifs is 2. The summed E-state index contributed by atoms with van der Waals surface area (Å²) in [5.74, 6) is -0.374. The summed E-state index contributed by atoms with van der Waals surface area (Å²) in [5, 5.41) is 7.17. The molecule has 150 valence electrons. The highest BCUT2D eigenvalue weighted by molar-refractivity contribution is 7.90. The number of halogens is 1. The second kappa shape index (κ2) is 7.00. The highest BCUT2D eigenvalue weighted by atomic mass is 32.2. The molecule has 2 N–H and O–H groups in total. The molecule has 1 aromatic heterocycles. The molecular weight excluding hydrogens is 389 g/mol. The van der Waals surface area contributed by atoms with E-state index in [-0.39, 0.29) is 10.7 Å². The Labute approximate surface area is 169 Å². The van der Waals surface area contributed by atoms with Gasteiger partial charge in [0.25, 0.3) is 10.0 Å². The van der Waals surface area contributed by atoms with Gasteiger partial charge in [-0.3, -0.25) is 0 Å². The molecule has 0 aliphatic carbocycles. The van der Waals surface area contributed by atoms with Crippen molar-refractivity contribution in [2.45, 2.75) is 24.2 Å². The maximum Gasteiger partial charge on any atom is 0.268 e. The highest BCUT2D eigenvalue weighted by Crippen LogP contribution is 2.34. The number of nitrogens with zero attached hydrogens (tertiary/aromatic N) is 1. The number of aromatic nitrogens is 1. The predicted molar refractivity (Wildman–Crippen MR) is 113 cm³/mol. The molecule has 3 aromatic rings. The second-order valence-electron chi connectivity index (χ2n) is 7.54. The van der Waals surface area contributed by atoms with Crippen LogP contribution < -0.4 is 10.6 Å². The Balaban J connectivity index is 1.69. The van der Waals surface area contributed by atoms with Gasteiger partial charge in [0.15, 0.2) is 0 Å². The summed E-state index contributed by atoms with van der Waals surface area (Å²) in [6.45, 7) is 2.38. The summed E-state index contributed by atoms with van der Waals surface area (Å²) in [5.41, 5.74) is 4.32. The van der Waals surface area contributed by atoms with Crippen molar-refractivity contribution in [2.24, 2.45) is 0 Å². The quantitative estimate of drug-likeness (QED) is 0.689. The van der Waals surface area contributed by atoms with E-state index in [1.165, 1.54) is 16.1 Å².